The van der Waals surface area contributed by atoms with Crippen LogP contribution in [0.5, 0.6) is 0 Å². The number of carbonyl (C=O) groups excluding carboxylic acids is 1. The number of hydrogen-bond acceptors (Lipinski definition) is 4. The molecule has 0 radical (unpaired) electrons. The van der Waals surface area contributed by atoms with Gasteiger partial charge in [0.2, 0.25) is 5.95 Å². The van der Waals surface area contributed by atoms with E-state index in [2.05, 4.69) is 15.9 Å². The molecule has 0 spiro atoms. The molecule has 1 aliphatic rings. The molecule has 5 rings (SSSR count). The standard InChI is InChI=1S/C25H17FN4O4.ClH/c1-3-14-7-6-10-20(21(14)26)30-22(31)16-8-4-5-9-17(16)25(30,34)15-11-12-18-19(13-15)28-23(27-18)29(2)24(32)33;/h1,4-13,34H,2H3,(H,27,28)(H,32,33);1H. The van der Waals surface area contributed by atoms with Crippen molar-refractivity contribution in [3.8, 4) is 12.3 Å². The molecule has 35 heavy (non-hydrogen) atoms. The number of nitrogens with zero attached hydrogens (tertiary/aromatic N) is 3. The van der Waals surface area contributed by atoms with Crippen LogP contribution >= 0.6 is 12.4 Å². The zero-order chi connectivity index (χ0) is 24.2. The first-order valence-electron chi connectivity index (χ1n) is 10.2. The summed E-state index contributed by atoms with van der Waals surface area (Å²) in [6, 6.07) is 15.4. The first-order chi connectivity index (χ1) is 16.3. The number of terminal acetylenes is 1. The van der Waals surface area contributed by atoms with Gasteiger partial charge in [0.05, 0.1) is 22.3 Å². The van der Waals surface area contributed by atoms with Gasteiger partial charge >= 0.3 is 6.09 Å². The number of amides is 2. The Hall–Kier alpha value is -4.39. The van der Waals surface area contributed by atoms with Gasteiger partial charge in [-0.25, -0.2) is 14.2 Å². The van der Waals surface area contributed by atoms with Crippen LogP contribution in [0.25, 0.3) is 11.0 Å². The molecule has 3 aromatic carbocycles. The van der Waals surface area contributed by atoms with Gasteiger partial charge in [-0.15, -0.1) is 18.8 Å². The molecule has 1 aromatic heterocycles. The maximum absolute atomic E-state index is 15.3. The monoisotopic (exact) mass is 492 g/mol. The predicted octanol–water partition coefficient (Wildman–Crippen LogP) is 4.07. The number of carboxylic acid groups (broad SMARTS) is 1. The number of rotatable bonds is 3. The molecule has 0 aliphatic carbocycles. The fraction of sp³-hybridized carbons (Fsp3) is 0.0800. The lowest BCUT2D eigenvalue weighted by Crippen LogP contribution is -2.45. The van der Waals surface area contributed by atoms with Crippen LogP contribution in [0.4, 0.5) is 20.8 Å². The van der Waals surface area contributed by atoms with Crippen molar-refractivity contribution in [1.29, 1.82) is 0 Å². The summed E-state index contributed by atoms with van der Waals surface area (Å²) in [5.41, 5.74) is -0.718. The van der Waals surface area contributed by atoms with E-state index in [1.54, 1.807) is 36.4 Å². The topological polar surface area (TPSA) is 110 Å². The number of benzene rings is 3. The lowest BCUT2D eigenvalue weighted by Gasteiger charge is -2.35. The van der Waals surface area contributed by atoms with Crippen molar-refractivity contribution in [1.82, 2.24) is 9.97 Å². The van der Waals surface area contributed by atoms with E-state index in [0.717, 1.165) is 9.80 Å². The van der Waals surface area contributed by atoms with Gasteiger partial charge in [0.1, 0.15) is 0 Å². The number of hydrogen-bond donors (Lipinski definition) is 3. The Morgan fingerprint density at radius 1 is 1.20 bits per heavy atom. The van der Waals surface area contributed by atoms with Gasteiger partial charge in [-0.1, -0.05) is 36.3 Å². The van der Waals surface area contributed by atoms with Crippen LogP contribution in [0, 0.1) is 18.2 Å². The number of H-pyrrole nitrogens is 1. The Morgan fingerprint density at radius 3 is 2.66 bits per heavy atom. The summed E-state index contributed by atoms with van der Waals surface area (Å²) in [6.07, 6.45) is 4.21. The van der Waals surface area contributed by atoms with Gasteiger partial charge in [0.25, 0.3) is 5.91 Å². The van der Waals surface area contributed by atoms with E-state index in [9.17, 15) is 19.8 Å². The van der Waals surface area contributed by atoms with E-state index >= 15 is 4.39 Å². The van der Waals surface area contributed by atoms with Gasteiger partial charge in [-0.3, -0.25) is 14.6 Å². The minimum Gasteiger partial charge on any atom is -0.465 e. The molecule has 3 N–H and O–H groups in total. The summed E-state index contributed by atoms with van der Waals surface area (Å²) >= 11 is 0. The minimum atomic E-state index is -2.08. The molecule has 0 fully saturated rings. The molecule has 4 aromatic rings. The molecule has 0 saturated carbocycles. The van der Waals surface area contributed by atoms with Crippen molar-refractivity contribution in [2.75, 3.05) is 16.8 Å². The Balaban J connectivity index is 0.00000289. The number of nitrogens with one attached hydrogen (secondary N) is 1. The highest BCUT2D eigenvalue weighted by atomic mass is 35.5. The molecular formula is C25H18ClFN4O4. The summed E-state index contributed by atoms with van der Waals surface area (Å²) in [5, 5.41) is 21.3. The summed E-state index contributed by atoms with van der Waals surface area (Å²) in [4.78, 5) is 33.8. The Morgan fingerprint density at radius 2 is 1.94 bits per heavy atom. The quantitative estimate of drug-likeness (QED) is 0.373. The highest BCUT2D eigenvalue weighted by molar-refractivity contribution is 6.12. The summed E-state index contributed by atoms with van der Waals surface area (Å²) in [6.45, 7) is 0. The van der Waals surface area contributed by atoms with E-state index in [-0.39, 0.29) is 46.3 Å². The zero-order valence-electron chi connectivity index (χ0n) is 18.2. The third kappa shape index (κ3) is 3.39. The second-order valence-corrected chi connectivity index (χ2v) is 7.78. The van der Waals surface area contributed by atoms with Gasteiger partial charge < -0.3 is 15.2 Å². The van der Waals surface area contributed by atoms with Crippen molar-refractivity contribution in [2.45, 2.75) is 5.72 Å². The number of fused-ring (bicyclic) bond motifs is 2. The van der Waals surface area contributed by atoms with Crippen LogP contribution in [0.15, 0.2) is 60.7 Å². The number of anilines is 2. The van der Waals surface area contributed by atoms with Crippen molar-refractivity contribution < 1.29 is 24.2 Å². The molecular weight excluding hydrogens is 475 g/mol. The lowest BCUT2D eigenvalue weighted by molar-refractivity contribution is 0.0699. The second kappa shape index (κ2) is 8.43. The Kier molecular flexibility index (Phi) is 5.72. The Bertz CT molecular complexity index is 1550. The third-order valence-corrected chi connectivity index (χ3v) is 5.91. The number of carbonyl (C=O) groups is 2. The third-order valence-electron chi connectivity index (χ3n) is 5.91. The number of aromatic amines is 1. The molecule has 1 atom stereocenters. The molecule has 0 bridgehead atoms. The minimum absolute atomic E-state index is 0. The van der Waals surface area contributed by atoms with Gasteiger partial charge in [0, 0.05) is 23.7 Å². The van der Waals surface area contributed by atoms with Gasteiger partial charge in [-0.2, -0.15) is 0 Å². The molecule has 2 amide bonds. The highest BCUT2D eigenvalue weighted by Gasteiger charge is 2.51. The fourth-order valence-corrected chi connectivity index (χ4v) is 4.19. The Labute approximate surface area is 205 Å². The largest absolute Gasteiger partial charge is 0.465 e. The molecule has 1 aliphatic heterocycles. The maximum Gasteiger partial charge on any atom is 0.413 e. The van der Waals surface area contributed by atoms with E-state index in [1.165, 1.54) is 31.3 Å². The van der Waals surface area contributed by atoms with Crippen LogP contribution in [-0.4, -0.2) is 39.2 Å². The van der Waals surface area contributed by atoms with Gasteiger partial charge in [-0.05, 0) is 30.3 Å². The summed E-state index contributed by atoms with van der Waals surface area (Å²) < 4.78 is 15.3. The number of imidazole rings is 1. The normalized spacial score (nSPS) is 16.5. The van der Waals surface area contributed by atoms with Crippen molar-refractivity contribution >= 4 is 47.1 Å². The van der Waals surface area contributed by atoms with Crippen LogP contribution in [-0.2, 0) is 5.72 Å². The molecule has 0 saturated heterocycles. The highest BCUT2D eigenvalue weighted by Crippen LogP contribution is 2.46. The SMILES string of the molecule is C#Cc1cccc(N2C(=O)c3ccccc3C2(O)c2ccc3[nH]c(N(C)C(=O)O)nc3c2)c1F.Cl. The number of aromatic nitrogens is 2. The smallest absolute Gasteiger partial charge is 0.413 e. The van der Waals surface area contributed by atoms with Gasteiger partial charge in [0.15, 0.2) is 11.5 Å². The average molecular weight is 493 g/mol. The predicted molar refractivity (Wildman–Crippen MR) is 130 cm³/mol. The second-order valence-electron chi connectivity index (χ2n) is 7.78. The van der Waals surface area contributed by atoms with E-state index in [1.807, 2.05) is 0 Å². The summed E-state index contributed by atoms with van der Waals surface area (Å²) in [7, 11) is 1.34. The summed E-state index contributed by atoms with van der Waals surface area (Å²) in [5.74, 6) is 0.923. The molecule has 8 nitrogen and oxygen atoms in total. The number of aliphatic hydroxyl groups is 1. The first-order valence-corrected chi connectivity index (χ1v) is 10.2. The zero-order valence-corrected chi connectivity index (χ0v) is 19.0. The van der Waals surface area contributed by atoms with Crippen LogP contribution in [0.2, 0.25) is 0 Å². The molecule has 1 unspecified atom stereocenters. The lowest BCUT2D eigenvalue weighted by atomic mass is 9.93. The number of halogens is 2. The van der Waals surface area contributed by atoms with E-state index < -0.39 is 23.5 Å². The van der Waals surface area contributed by atoms with Crippen molar-refractivity contribution in [3.63, 3.8) is 0 Å². The van der Waals surface area contributed by atoms with Crippen LogP contribution in [0.1, 0.15) is 27.0 Å². The van der Waals surface area contributed by atoms with Crippen LogP contribution < -0.4 is 9.80 Å². The molecule has 176 valence electrons. The first kappa shape index (κ1) is 23.8. The fourth-order valence-electron chi connectivity index (χ4n) is 4.19. The van der Waals surface area contributed by atoms with Crippen LogP contribution in [0.3, 0.4) is 0 Å². The van der Waals surface area contributed by atoms with E-state index in [4.69, 9.17) is 6.42 Å². The maximum atomic E-state index is 15.3. The van der Waals surface area contributed by atoms with E-state index in [0.29, 0.717) is 11.0 Å². The molecule has 10 heteroatoms. The van der Waals surface area contributed by atoms with Crippen molar-refractivity contribution in [3.05, 3.63) is 88.7 Å². The molecule has 2 heterocycles. The van der Waals surface area contributed by atoms with Crippen molar-refractivity contribution in [2.24, 2.45) is 0 Å². The average Bonchev–Trinajstić information content (AvgIpc) is 3.36.